The van der Waals surface area contributed by atoms with E-state index in [0.717, 1.165) is 56.9 Å². The summed E-state index contributed by atoms with van der Waals surface area (Å²) in [6.45, 7) is 0. The van der Waals surface area contributed by atoms with E-state index in [1.54, 1.807) is 11.8 Å². The van der Waals surface area contributed by atoms with Crippen LogP contribution in [0.5, 0.6) is 0 Å². The summed E-state index contributed by atoms with van der Waals surface area (Å²) in [5, 5.41) is 13.2. The molecule has 1 saturated heterocycles. The summed E-state index contributed by atoms with van der Waals surface area (Å²) < 4.78 is 0. The SMILES string of the molecule is CSCCC(C(=O)Nc1sc2c(c1C#N)CCCC2)N1C(=O)C2CCCCC2C1=O. The summed E-state index contributed by atoms with van der Waals surface area (Å²) in [4.78, 5) is 41.9. The van der Waals surface area contributed by atoms with E-state index in [4.69, 9.17) is 0 Å². The zero-order valence-corrected chi connectivity index (χ0v) is 18.9. The minimum absolute atomic E-state index is 0.183. The number of carbonyl (C=O) groups is 3. The Morgan fingerprint density at radius 3 is 2.50 bits per heavy atom. The first-order valence-corrected chi connectivity index (χ1v) is 13.0. The van der Waals surface area contributed by atoms with Gasteiger partial charge in [-0.2, -0.15) is 17.0 Å². The fourth-order valence-electron chi connectivity index (χ4n) is 5.07. The van der Waals surface area contributed by atoms with E-state index < -0.39 is 6.04 Å². The molecule has 8 heteroatoms. The maximum atomic E-state index is 13.3. The van der Waals surface area contributed by atoms with Crippen LogP contribution in [0.1, 0.15) is 60.9 Å². The number of aryl methyl sites for hydroxylation is 1. The summed E-state index contributed by atoms with van der Waals surface area (Å²) in [7, 11) is 0. The molecule has 1 aliphatic heterocycles. The van der Waals surface area contributed by atoms with Crippen molar-refractivity contribution in [2.45, 2.75) is 63.8 Å². The van der Waals surface area contributed by atoms with Crippen molar-refractivity contribution in [1.82, 2.24) is 4.90 Å². The van der Waals surface area contributed by atoms with Crippen LogP contribution in [-0.2, 0) is 27.2 Å². The molecule has 0 bridgehead atoms. The Balaban J connectivity index is 1.59. The molecule has 2 aliphatic carbocycles. The van der Waals surface area contributed by atoms with Crippen LogP contribution in [-0.4, -0.2) is 40.7 Å². The molecule has 160 valence electrons. The Bertz CT molecular complexity index is 880. The molecule has 1 saturated carbocycles. The lowest BCUT2D eigenvalue weighted by Crippen LogP contribution is -2.48. The van der Waals surface area contributed by atoms with Crippen molar-refractivity contribution in [1.29, 1.82) is 5.26 Å². The number of anilines is 1. The van der Waals surface area contributed by atoms with Gasteiger partial charge in [-0.3, -0.25) is 19.3 Å². The van der Waals surface area contributed by atoms with E-state index in [1.807, 2.05) is 6.26 Å². The number of fused-ring (bicyclic) bond motifs is 2. The molecule has 1 N–H and O–H groups in total. The molecule has 3 atom stereocenters. The first-order chi connectivity index (χ1) is 14.6. The maximum absolute atomic E-state index is 13.3. The zero-order valence-electron chi connectivity index (χ0n) is 17.2. The molecular formula is C22H27N3O3S2. The van der Waals surface area contributed by atoms with Gasteiger partial charge in [0.1, 0.15) is 17.1 Å². The van der Waals surface area contributed by atoms with Crippen LogP contribution in [0.25, 0.3) is 0 Å². The van der Waals surface area contributed by atoms with Gasteiger partial charge in [-0.05, 0) is 62.5 Å². The Hall–Kier alpha value is -1.85. The Morgan fingerprint density at radius 2 is 1.87 bits per heavy atom. The molecule has 2 heterocycles. The first-order valence-electron chi connectivity index (χ1n) is 10.8. The Labute approximate surface area is 185 Å². The van der Waals surface area contributed by atoms with Crippen molar-refractivity contribution < 1.29 is 14.4 Å². The molecule has 0 aromatic carbocycles. The van der Waals surface area contributed by atoms with Gasteiger partial charge in [0.25, 0.3) is 0 Å². The lowest BCUT2D eigenvalue weighted by molar-refractivity contribution is -0.146. The number of hydrogen-bond acceptors (Lipinski definition) is 6. The highest BCUT2D eigenvalue weighted by Crippen LogP contribution is 2.41. The number of carbonyl (C=O) groups excluding carboxylic acids is 3. The smallest absolute Gasteiger partial charge is 0.248 e. The first kappa shape index (κ1) is 21.4. The van der Waals surface area contributed by atoms with Crippen molar-refractivity contribution in [2.75, 3.05) is 17.3 Å². The molecule has 30 heavy (non-hydrogen) atoms. The number of rotatable bonds is 6. The van der Waals surface area contributed by atoms with E-state index in [1.165, 1.54) is 21.1 Å². The van der Waals surface area contributed by atoms with Gasteiger partial charge in [0.2, 0.25) is 17.7 Å². The van der Waals surface area contributed by atoms with Crippen molar-refractivity contribution in [3.63, 3.8) is 0 Å². The molecular weight excluding hydrogens is 418 g/mol. The van der Waals surface area contributed by atoms with Gasteiger partial charge in [-0.15, -0.1) is 11.3 Å². The third kappa shape index (κ3) is 3.78. The van der Waals surface area contributed by atoms with Gasteiger partial charge in [0.05, 0.1) is 17.4 Å². The van der Waals surface area contributed by atoms with Crippen LogP contribution in [0.15, 0.2) is 0 Å². The van der Waals surface area contributed by atoms with E-state index in [-0.39, 0.29) is 29.6 Å². The number of nitrogens with one attached hydrogen (secondary N) is 1. The lowest BCUT2D eigenvalue weighted by Gasteiger charge is -2.25. The lowest BCUT2D eigenvalue weighted by atomic mass is 9.81. The fourth-order valence-corrected chi connectivity index (χ4v) is 6.77. The number of likely N-dealkylation sites (tertiary alicyclic amines) is 1. The number of nitrogens with zero attached hydrogens (tertiary/aromatic N) is 2. The minimum atomic E-state index is -0.811. The summed E-state index contributed by atoms with van der Waals surface area (Å²) in [5.74, 6) is -0.566. The van der Waals surface area contributed by atoms with Crippen molar-refractivity contribution in [3.05, 3.63) is 16.0 Å². The zero-order chi connectivity index (χ0) is 21.3. The van der Waals surface area contributed by atoms with Gasteiger partial charge < -0.3 is 5.32 Å². The van der Waals surface area contributed by atoms with E-state index in [9.17, 15) is 19.6 Å². The largest absolute Gasteiger partial charge is 0.315 e. The number of nitriles is 1. The van der Waals surface area contributed by atoms with Crippen LogP contribution in [0, 0.1) is 23.2 Å². The number of amides is 3. The summed E-state index contributed by atoms with van der Waals surface area (Å²) >= 11 is 3.06. The average Bonchev–Trinajstić information content (AvgIpc) is 3.23. The quantitative estimate of drug-likeness (QED) is 0.674. The minimum Gasteiger partial charge on any atom is -0.315 e. The topological polar surface area (TPSA) is 90.3 Å². The second kappa shape index (κ2) is 9.11. The van der Waals surface area contributed by atoms with E-state index in [2.05, 4.69) is 11.4 Å². The van der Waals surface area contributed by atoms with Gasteiger partial charge in [0.15, 0.2) is 0 Å². The Kier molecular flexibility index (Phi) is 6.49. The molecule has 3 aliphatic rings. The van der Waals surface area contributed by atoms with Gasteiger partial charge in [0, 0.05) is 4.88 Å². The highest BCUT2D eigenvalue weighted by Gasteiger charge is 2.51. The average molecular weight is 446 g/mol. The van der Waals surface area contributed by atoms with E-state index >= 15 is 0 Å². The molecule has 4 rings (SSSR count). The van der Waals surface area contributed by atoms with Crippen LogP contribution in [0.3, 0.4) is 0 Å². The highest BCUT2D eigenvalue weighted by atomic mass is 32.2. The molecule has 0 radical (unpaired) electrons. The predicted octanol–water partition coefficient (Wildman–Crippen LogP) is 3.73. The van der Waals surface area contributed by atoms with Crippen molar-refractivity contribution >= 4 is 45.8 Å². The Morgan fingerprint density at radius 1 is 1.20 bits per heavy atom. The molecule has 3 amide bonds. The second-order valence-electron chi connectivity index (χ2n) is 8.36. The third-order valence-electron chi connectivity index (χ3n) is 6.60. The number of thioether (sulfide) groups is 1. The van der Waals surface area contributed by atoms with E-state index in [0.29, 0.717) is 22.7 Å². The van der Waals surface area contributed by atoms with Crippen LogP contribution < -0.4 is 5.32 Å². The molecule has 1 aromatic heterocycles. The van der Waals surface area contributed by atoms with Crippen molar-refractivity contribution in [3.8, 4) is 6.07 Å². The van der Waals surface area contributed by atoms with Crippen molar-refractivity contribution in [2.24, 2.45) is 11.8 Å². The van der Waals surface area contributed by atoms with Gasteiger partial charge in [-0.25, -0.2) is 0 Å². The fraction of sp³-hybridized carbons (Fsp3) is 0.636. The molecule has 6 nitrogen and oxygen atoms in total. The molecule has 3 unspecified atom stereocenters. The standard InChI is InChI=1S/C22H27N3O3S2/c1-29-11-10-17(25-21(27)14-7-2-3-8-15(14)22(25)28)19(26)24-20-16(12-23)13-6-4-5-9-18(13)30-20/h14-15,17H,2-11H2,1H3,(H,24,26). The van der Waals surface area contributed by atoms with Crippen LogP contribution >= 0.6 is 23.1 Å². The second-order valence-corrected chi connectivity index (χ2v) is 10.4. The number of imide groups is 1. The normalized spacial score (nSPS) is 24.2. The summed E-state index contributed by atoms with van der Waals surface area (Å²) in [6.07, 6.45) is 9.73. The van der Waals surface area contributed by atoms with Crippen LogP contribution in [0.4, 0.5) is 5.00 Å². The highest BCUT2D eigenvalue weighted by molar-refractivity contribution is 7.98. The predicted molar refractivity (Wildman–Crippen MR) is 118 cm³/mol. The molecule has 1 aromatic rings. The van der Waals surface area contributed by atoms with Crippen LogP contribution in [0.2, 0.25) is 0 Å². The summed E-state index contributed by atoms with van der Waals surface area (Å²) in [5.41, 5.74) is 1.61. The maximum Gasteiger partial charge on any atom is 0.248 e. The van der Waals surface area contributed by atoms with Gasteiger partial charge >= 0.3 is 0 Å². The van der Waals surface area contributed by atoms with Gasteiger partial charge in [-0.1, -0.05) is 12.8 Å². The molecule has 2 fully saturated rings. The molecule has 0 spiro atoms. The summed E-state index contributed by atoms with van der Waals surface area (Å²) in [6, 6.07) is 1.45. The third-order valence-corrected chi connectivity index (χ3v) is 8.46. The number of hydrogen-bond donors (Lipinski definition) is 1. The monoisotopic (exact) mass is 445 g/mol. The number of thiophene rings is 1.